The van der Waals surface area contributed by atoms with E-state index in [2.05, 4.69) is 25.9 Å². The van der Waals surface area contributed by atoms with Crippen molar-refractivity contribution in [3.8, 4) is 5.75 Å². The summed E-state index contributed by atoms with van der Waals surface area (Å²) in [4.78, 5) is 48.1. The number of fused-ring (bicyclic) bond motifs is 1. The third-order valence-electron chi connectivity index (χ3n) is 6.26. The second kappa shape index (κ2) is 16.9. The monoisotopic (exact) mass is 660 g/mol. The second-order valence-electron chi connectivity index (χ2n) is 9.36. The number of carbonyl (C=O) groups is 3. The molecule has 0 aliphatic carbocycles. The first-order chi connectivity index (χ1) is 19.5. The zero-order chi connectivity index (χ0) is 30.3. The highest BCUT2D eigenvalue weighted by Gasteiger charge is 2.28. The Morgan fingerprint density at radius 1 is 1.05 bits per heavy atom. The minimum atomic E-state index is -0.570. The van der Waals surface area contributed by atoms with Gasteiger partial charge in [0.2, 0.25) is 0 Å². The number of hydrogen-bond donors (Lipinski definition) is 5. The Hall–Kier alpha value is -3.59. The van der Waals surface area contributed by atoms with Crippen LogP contribution in [0.3, 0.4) is 0 Å². The van der Waals surface area contributed by atoms with Crippen LogP contribution in [0.15, 0.2) is 12.1 Å². The molecule has 2 heterocycles. The molecule has 0 saturated heterocycles. The molecule has 0 atom stereocenters. The van der Waals surface area contributed by atoms with E-state index in [0.29, 0.717) is 38.3 Å². The van der Waals surface area contributed by atoms with Gasteiger partial charge < -0.3 is 49.5 Å². The summed E-state index contributed by atoms with van der Waals surface area (Å²) < 4.78 is 9.86. The fourth-order valence-corrected chi connectivity index (χ4v) is 4.45. The molecule has 0 saturated carbocycles. The standard InChI is InChI=1S/C26H37ClN10O4.2ClH/c1-6-30-25(39)15-11-16-17(12-18(15)41-14-19(38)31-9-10-35(4)5)37(8-3)20(36(16)7-2)13-32-26(40)21-23(28)34-24(29)22(27)33-21;;/h11-12H,6-10,13-14H2,1-5H3,(H6-,28,29,30,31,32,34,38,39,40);2*1H. The van der Waals surface area contributed by atoms with Crippen LogP contribution < -0.4 is 49.1 Å². The highest BCUT2D eigenvalue weighted by Crippen LogP contribution is 2.27. The number of nitrogens with zero attached hydrogens (tertiary/aromatic N) is 5. The van der Waals surface area contributed by atoms with Gasteiger partial charge in [0.05, 0.1) is 18.7 Å². The number of nitrogen functional groups attached to an aromatic ring is 2. The minimum absolute atomic E-state index is 0. The van der Waals surface area contributed by atoms with Crippen molar-refractivity contribution >= 4 is 64.4 Å². The number of nitrogens with two attached hydrogens (primary N) is 2. The third kappa shape index (κ3) is 8.95. The Balaban J connectivity index is 0.00000462. The van der Waals surface area contributed by atoms with Crippen LogP contribution in [0.25, 0.3) is 11.0 Å². The van der Waals surface area contributed by atoms with Crippen LogP contribution in [0.4, 0.5) is 11.6 Å². The predicted octanol–water partition coefficient (Wildman–Crippen LogP) is -2.26. The zero-order valence-electron chi connectivity index (χ0n) is 24.8. The number of nitrogens with one attached hydrogen (secondary N) is 3. The average Bonchev–Trinajstić information content (AvgIpc) is 3.23. The Bertz CT molecular complexity index is 1450. The molecule has 0 bridgehead atoms. The van der Waals surface area contributed by atoms with Crippen molar-refractivity contribution in [3.63, 3.8) is 0 Å². The molecule has 1 aromatic carbocycles. The first-order valence-corrected chi connectivity index (χ1v) is 13.7. The van der Waals surface area contributed by atoms with Crippen molar-refractivity contribution < 1.29 is 36.1 Å². The van der Waals surface area contributed by atoms with Crippen LogP contribution in [0.5, 0.6) is 5.75 Å². The maximum absolute atomic E-state index is 13.0. The molecule has 3 aromatic rings. The molecule has 0 radical (unpaired) electrons. The van der Waals surface area contributed by atoms with E-state index >= 15 is 0 Å². The van der Waals surface area contributed by atoms with E-state index in [1.54, 1.807) is 12.1 Å². The molecule has 2 aromatic heterocycles. The van der Waals surface area contributed by atoms with Crippen molar-refractivity contribution in [2.75, 3.05) is 51.8 Å². The van der Waals surface area contributed by atoms with Crippen LogP contribution >= 0.6 is 24.0 Å². The van der Waals surface area contributed by atoms with Crippen molar-refractivity contribution in [2.24, 2.45) is 0 Å². The van der Waals surface area contributed by atoms with Crippen molar-refractivity contribution in [1.82, 2.24) is 35.4 Å². The number of likely N-dealkylation sites (N-methyl/N-ethyl adjacent to an activating group) is 1. The number of amides is 3. The zero-order valence-corrected chi connectivity index (χ0v) is 27.1. The molecule has 43 heavy (non-hydrogen) atoms. The van der Waals surface area contributed by atoms with Crippen LogP contribution in [0, 0.1) is 0 Å². The normalized spacial score (nSPS) is 10.6. The lowest BCUT2D eigenvalue weighted by Gasteiger charge is -2.13. The molecule has 3 rings (SSSR count). The van der Waals surface area contributed by atoms with Gasteiger partial charge in [-0.2, -0.15) is 0 Å². The Morgan fingerprint density at radius 3 is 2.35 bits per heavy atom. The van der Waals surface area contributed by atoms with E-state index in [4.69, 9.17) is 27.8 Å². The lowest BCUT2D eigenvalue weighted by atomic mass is 10.1. The van der Waals surface area contributed by atoms with Crippen LogP contribution in [0.2, 0.25) is 5.15 Å². The van der Waals surface area contributed by atoms with Gasteiger partial charge in [-0.25, -0.2) is 19.1 Å². The van der Waals surface area contributed by atoms with Gasteiger partial charge in [0.15, 0.2) is 40.1 Å². The molecule has 14 nitrogen and oxygen atoms in total. The molecular weight excluding hydrogens is 623 g/mol. The molecule has 0 unspecified atom stereocenters. The maximum Gasteiger partial charge on any atom is 0.277 e. The number of imidazole rings is 1. The summed E-state index contributed by atoms with van der Waals surface area (Å²) in [6.07, 6.45) is 0. The summed E-state index contributed by atoms with van der Waals surface area (Å²) in [5.41, 5.74) is 13.2. The van der Waals surface area contributed by atoms with E-state index < -0.39 is 5.91 Å². The molecular formula is C26H39Cl3N10O4. The van der Waals surface area contributed by atoms with Gasteiger partial charge >= 0.3 is 0 Å². The summed E-state index contributed by atoms with van der Waals surface area (Å²) in [6, 6.07) is 3.49. The van der Waals surface area contributed by atoms with Crippen molar-refractivity contribution in [3.05, 3.63) is 34.4 Å². The fourth-order valence-electron chi connectivity index (χ4n) is 4.33. The quantitative estimate of drug-likeness (QED) is 0.126. The van der Waals surface area contributed by atoms with Crippen LogP contribution in [-0.2, 0) is 24.4 Å². The van der Waals surface area contributed by atoms with Crippen molar-refractivity contribution in [2.45, 2.75) is 40.4 Å². The summed E-state index contributed by atoms with van der Waals surface area (Å²) in [6.45, 7) is 8.29. The average molecular weight is 662 g/mol. The molecule has 3 amide bonds. The minimum Gasteiger partial charge on any atom is -1.00 e. The van der Waals surface area contributed by atoms with Gasteiger partial charge in [-0.1, -0.05) is 11.6 Å². The summed E-state index contributed by atoms with van der Waals surface area (Å²) >= 11 is 5.94. The molecule has 0 aliphatic rings. The fraction of sp³-hybridized carbons (Fsp3) is 0.462. The summed E-state index contributed by atoms with van der Waals surface area (Å²) in [5.74, 6) is -0.362. The Kier molecular flexibility index (Phi) is 14.7. The molecule has 7 N–H and O–H groups in total. The highest BCUT2D eigenvalue weighted by molar-refractivity contribution is 6.31. The number of hydrogen-bond acceptors (Lipinski definition) is 9. The van der Waals surface area contributed by atoms with E-state index in [9.17, 15) is 14.4 Å². The lowest BCUT2D eigenvalue weighted by molar-refractivity contribution is -0.676. The van der Waals surface area contributed by atoms with Crippen LogP contribution in [0.1, 0.15) is 47.4 Å². The number of benzene rings is 1. The summed E-state index contributed by atoms with van der Waals surface area (Å²) in [7, 11) is 3.83. The second-order valence-corrected chi connectivity index (χ2v) is 9.72. The smallest absolute Gasteiger partial charge is 0.277 e. The topological polar surface area (TPSA) is 186 Å². The maximum atomic E-state index is 13.0. The SMILES string of the molecule is CCNC(=O)c1cc2c(cc1OCC(=O)NCCN(C)C)[n+](CC)c(CNC(=O)c1nc(Cl)c(N)nc1N)n2CC.Cl.[Cl-]. The Labute approximate surface area is 267 Å². The first-order valence-electron chi connectivity index (χ1n) is 13.3. The predicted molar refractivity (Wildman–Crippen MR) is 163 cm³/mol. The number of aryl methyl sites for hydroxylation is 2. The number of aromatic nitrogens is 4. The summed E-state index contributed by atoms with van der Waals surface area (Å²) in [5, 5.41) is 8.31. The highest BCUT2D eigenvalue weighted by atomic mass is 35.5. The van der Waals surface area contributed by atoms with Gasteiger partial charge in [-0.3, -0.25) is 14.4 Å². The molecule has 0 spiro atoms. The van der Waals surface area contributed by atoms with E-state index in [0.717, 1.165) is 16.9 Å². The molecule has 0 fully saturated rings. The molecule has 0 aliphatic heterocycles. The number of halogens is 3. The number of ether oxygens (including phenoxy) is 1. The lowest BCUT2D eigenvalue weighted by Crippen LogP contribution is -3.00. The van der Waals surface area contributed by atoms with Crippen molar-refractivity contribution in [1.29, 1.82) is 0 Å². The van der Waals surface area contributed by atoms with Gasteiger partial charge in [0, 0.05) is 31.8 Å². The molecule has 17 heteroatoms. The molecule has 238 valence electrons. The number of rotatable bonds is 13. The largest absolute Gasteiger partial charge is 1.00 e. The van der Waals surface area contributed by atoms with Gasteiger partial charge in [-0.15, -0.1) is 12.4 Å². The van der Waals surface area contributed by atoms with Crippen LogP contribution in [-0.4, -0.2) is 77.5 Å². The van der Waals surface area contributed by atoms with E-state index in [-0.39, 0.29) is 78.0 Å². The number of anilines is 2. The first kappa shape index (κ1) is 37.4. The van der Waals surface area contributed by atoms with E-state index in [1.165, 1.54) is 0 Å². The number of carbonyl (C=O) groups excluding carboxylic acids is 3. The van der Waals surface area contributed by atoms with Gasteiger partial charge in [-0.05, 0) is 34.9 Å². The third-order valence-corrected chi connectivity index (χ3v) is 6.54. The van der Waals surface area contributed by atoms with E-state index in [1.807, 2.05) is 48.9 Å². The van der Waals surface area contributed by atoms with Gasteiger partial charge in [0.25, 0.3) is 23.5 Å². The van der Waals surface area contributed by atoms with Gasteiger partial charge in [0.1, 0.15) is 12.3 Å². The Morgan fingerprint density at radius 2 is 1.74 bits per heavy atom.